The van der Waals surface area contributed by atoms with E-state index in [0.29, 0.717) is 11.7 Å². The van der Waals surface area contributed by atoms with Gasteiger partial charge in [0.1, 0.15) is 6.54 Å². The van der Waals surface area contributed by atoms with E-state index in [1.807, 2.05) is 13.0 Å². The van der Waals surface area contributed by atoms with Crippen LogP contribution in [0.2, 0.25) is 0 Å². The topological polar surface area (TPSA) is 80.2 Å². The first-order valence-electron chi connectivity index (χ1n) is 6.58. The molecule has 3 N–H and O–H groups in total. The summed E-state index contributed by atoms with van der Waals surface area (Å²) >= 11 is 5.06. The molecule has 0 aliphatic carbocycles. The summed E-state index contributed by atoms with van der Waals surface area (Å²) in [4.78, 5) is 11.6. The van der Waals surface area contributed by atoms with Gasteiger partial charge >= 0.3 is 0 Å². The summed E-state index contributed by atoms with van der Waals surface area (Å²) in [6, 6.07) is 1.84. The van der Waals surface area contributed by atoms with Crippen LogP contribution in [0.25, 0.3) is 0 Å². The quantitative estimate of drug-likeness (QED) is 0.530. The lowest BCUT2D eigenvalue weighted by Gasteiger charge is -2.14. The van der Waals surface area contributed by atoms with E-state index in [1.165, 1.54) is 0 Å². The number of hydrogen-bond donors (Lipinski definition) is 3. The Bertz CT molecular complexity index is 470. The highest BCUT2D eigenvalue weighted by atomic mass is 32.1. The molecular weight excluding hydrogens is 278 g/mol. The molecule has 1 atom stereocenters. The fourth-order valence-electron chi connectivity index (χ4n) is 1.92. The highest BCUT2D eigenvalue weighted by Crippen LogP contribution is 2.10. The first kappa shape index (κ1) is 14.7. The van der Waals surface area contributed by atoms with Crippen LogP contribution in [0.1, 0.15) is 18.5 Å². The van der Waals surface area contributed by atoms with Gasteiger partial charge in [0.25, 0.3) is 5.91 Å². The van der Waals surface area contributed by atoms with Gasteiger partial charge in [0.15, 0.2) is 5.11 Å². The zero-order valence-corrected chi connectivity index (χ0v) is 12.2. The molecule has 7 nitrogen and oxygen atoms in total. The van der Waals surface area contributed by atoms with Crippen molar-refractivity contribution in [3.8, 4) is 0 Å². The second kappa shape index (κ2) is 7.20. The third-order valence-electron chi connectivity index (χ3n) is 2.91. The molecule has 1 aromatic heterocycles. The average molecular weight is 297 g/mol. The highest BCUT2D eigenvalue weighted by molar-refractivity contribution is 7.80. The maximum Gasteiger partial charge on any atom is 0.260 e. The van der Waals surface area contributed by atoms with Gasteiger partial charge in [-0.3, -0.25) is 20.3 Å². The molecule has 1 unspecified atom stereocenters. The molecular formula is C12H19N5O2S. The first-order chi connectivity index (χ1) is 9.63. The van der Waals surface area contributed by atoms with Crippen LogP contribution in [0, 0.1) is 6.92 Å². The number of hydrazine groups is 1. The number of rotatable bonds is 4. The van der Waals surface area contributed by atoms with Crippen LogP contribution in [0.5, 0.6) is 0 Å². The minimum absolute atomic E-state index is 0.148. The minimum Gasteiger partial charge on any atom is -0.376 e. The lowest BCUT2D eigenvalue weighted by Crippen LogP contribution is -2.49. The smallest absolute Gasteiger partial charge is 0.260 e. The van der Waals surface area contributed by atoms with Crippen LogP contribution in [0.4, 0.5) is 0 Å². The number of carbonyl (C=O) groups excluding carboxylic acids is 1. The van der Waals surface area contributed by atoms with Crippen LogP contribution < -0.4 is 16.2 Å². The number of aryl methyl sites for hydroxylation is 1. The number of hydrogen-bond acceptors (Lipinski definition) is 4. The number of thiocarbonyl (C=S) groups is 1. The second-order valence-electron chi connectivity index (χ2n) is 4.67. The van der Waals surface area contributed by atoms with Gasteiger partial charge in [-0.25, -0.2) is 0 Å². The fraction of sp³-hybridized carbons (Fsp3) is 0.583. The molecule has 8 heteroatoms. The number of nitrogens with one attached hydrogen (secondary N) is 3. The molecule has 0 bridgehead atoms. The number of carbonyl (C=O) groups is 1. The maximum atomic E-state index is 11.6. The zero-order valence-electron chi connectivity index (χ0n) is 11.4. The molecule has 1 aliphatic heterocycles. The Morgan fingerprint density at radius 3 is 3.10 bits per heavy atom. The van der Waals surface area contributed by atoms with Crippen LogP contribution in [0.3, 0.4) is 0 Å². The van der Waals surface area contributed by atoms with Crippen molar-refractivity contribution >= 4 is 23.2 Å². The molecule has 1 amide bonds. The summed E-state index contributed by atoms with van der Waals surface area (Å²) in [5.74, 6) is -0.214. The third-order valence-corrected chi connectivity index (χ3v) is 3.16. The Kier molecular flexibility index (Phi) is 5.31. The van der Waals surface area contributed by atoms with E-state index in [1.54, 1.807) is 10.9 Å². The van der Waals surface area contributed by atoms with Gasteiger partial charge in [0.2, 0.25) is 0 Å². The largest absolute Gasteiger partial charge is 0.376 e. The van der Waals surface area contributed by atoms with E-state index in [2.05, 4.69) is 21.3 Å². The summed E-state index contributed by atoms with van der Waals surface area (Å²) in [6.07, 6.45) is 4.09. The summed E-state index contributed by atoms with van der Waals surface area (Å²) in [5.41, 5.74) is 6.05. The van der Waals surface area contributed by atoms with Gasteiger partial charge in [-0.2, -0.15) is 5.10 Å². The highest BCUT2D eigenvalue weighted by Gasteiger charge is 2.15. The molecule has 0 radical (unpaired) electrons. The van der Waals surface area contributed by atoms with Gasteiger partial charge in [-0.1, -0.05) is 0 Å². The maximum absolute atomic E-state index is 11.6. The molecule has 1 saturated heterocycles. The van der Waals surface area contributed by atoms with Crippen molar-refractivity contribution in [1.82, 2.24) is 25.9 Å². The molecule has 20 heavy (non-hydrogen) atoms. The molecule has 1 fully saturated rings. The molecule has 110 valence electrons. The summed E-state index contributed by atoms with van der Waals surface area (Å²) < 4.78 is 7.03. The van der Waals surface area contributed by atoms with Crippen LogP contribution in [0.15, 0.2) is 12.3 Å². The monoisotopic (exact) mass is 297 g/mol. The number of ether oxygens (including phenoxy) is 1. The number of aromatic nitrogens is 2. The molecule has 1 aromatic rings. The fourth-order valence-corrected chi connectivity index (χ4v) is 2.05. The Morgan fingerprint density at radius 1 is 1.60 bits per heavy atom. The van der Waals surface area contributed by atoms with Gasteiger partial charge in [0.05, 0.1) is 11.8 Å². The minimum atomic E-state index is -0.214. The summed E-state index contributed by atoms with van der Waals surface area (Å²) in [5, 5.41) is 7.52. The van der Waals surface area contributed by atoms with Gasteiger partial charge in [-0.05, 0) is 38.0 Å². The van der Waals surface area contributed by atoms with E-state index in [9.17, 15) is 4.79 Å². The van der Waals surface area contributed by atoms with Crippen molar-refractivity contribution in [3.63, 3.8) is 0 Å². The predicted molar refractivity (Wildman–Crippen MR) is 77.8 cm³/mol. The Labute approximate surface area is 123 Å². The lowest BCUT2D eigenvalue weighted by molar-refractivity contribution is -0.122. The lowest BCUT2D eigenvalue weighted by atomic mass is 10.2. The van der Waals surface area contributed by atoms with E-state index < -0.39 is 0 Å². The Hall–Kier alpha value is -1.67. The van der Waals surface area contributed by atoms with Crippen molar-refractivity contribution in [2.45, 2.75) is 32.4 Å². The Morgan fingerprint density at radius 2 is 2.45 bits per heavy atom. The Balaban J connectivity index is 1.61. The van der Waals surface area contributed by atoms with E-state index in [-0.39, 0.29) is 18.6 Å². The van der Waals surface area contributed by atoms with Gasteiger partial charge < -0.3 is 10.1 Å². The van der Waals surface area contributed by atoms with Crippen LogP contribution in [-0.4, -0.2) is 40.1 Å². The van der Waals surface area contributed by atoms with Crippen LogP contribution >= 0.6 is 12.2 Å². The third kappa shape index (κ3) is 4.78. The van der Waals surface area contributed by atoms with E-state index in [0.717, 1.165) is 25.1 Å². The number of nitrogens with zero attached hydrogens (tertiary/aromatic N) is 2. The second-order valence-corrected chi connectivity index (χ2v) is 5.08. The molecule has 0 saturated carbocycles. The van der Waals surface area contributed by atoms with Crippen molar-refractivity contribution in [1.29, 1.82) is 0 Å². The van der Waals surface area contributed by atoms with Gasteiger partial charge in [0, 0.05) is 19.3 Å². The summed E-state index contributed by atoms with van der Waals surface area (Å²) in [6.45, 7) is 3.48. The normalized spacial score (nSPS) is 17.8. The molecule has 2 rings (SSSR count). The van der Waals surface area contributed by atoms with Gasteiger partial charge in [-0.15, -0.1) is 0 Å². The standard InChI is InChI=1S/C12H19N5O2S/c1-9-4-5-17(16-9)8-11(18)14-15-12(20)13-7-10-3-2-6-19-10/h4-5,10H,2-3,6-8H2,1H3,(H,14,18)(H2,13,15,20). The molecule has 0 spiro atoms. The van der Waals surface area contributed by atoms with E-state index in [4.69, 9.17) is 17.0 Å². The average Bonchev–Trinajstić information content (AvgIpc) is 3.06. The first-order valence-corrected chi connectivity index (χ1v) is 6.98. The van der Waals surface area contributed by atoms with Crippen LogP contribution in [-0.2, 0) is 16.1 Å². The predicted octanol–water partition coefficient (Wildman–Crippen LogP) is -0.134. The molecule has 2 heterocycles. The van der Waals surface area contributed by atoms with E-state index >= 15 is 0 Å². The summed E-state index contributed by atoms with van der Waals surface area (Å²) in [7, 11) is 0. The van der Waals surface area contributed by atoms with Crippen molar-refractivity contribution in [2.75, 3.05) is 13.2 Å². The molecule has 1 aliphatic rings. The van der Waals surface area contributed by atoms with Crippen molar-refractivity contribution < 1.29 is 9.53 Å². The molecule has 0 aromatic carbocycles. The van der Waals surface area contributed by atoms with Crippen molar-refractivity contribution in [3.05, 3.63) is 18.0 Å². The SMILES string of the molecule is Cc1ccn(CC(=O)NNC(=S)NCC2CCCO2)n1. The zero-order chi connectivity index (χ0) is 14.4. The number of amides is 1. The van der Waals surface area contributed by atoms with Crippen molar-refractivity contribution in [2.24, 2.45) is 0 Å².